The second kappa shape index (κ2) is 5.79. The van der Waals surface area contributed by atoms with Crippen LogP contribution in [0.4, 0.5) is 11.4 Å². The number of halogens is 1. The number of amides is 1. The second-order valence-corrected chi connectivity index (χ2v) is 4.89. The quantitative estimate of drug-likeness (QED) is 0.850. The first-order valence-electron chi connectivity index (χ1n) is 5.67. The number of nitrogens with zero attached hydrogens (tertiary/aromatic N) is 2. The van der Waals surface area contributed by atoms with Crippen molar-refractivity contribution in [3.63, 3.8) is 0 Å². The third-order valence-electron chi connectivity index (χ3n) is 2.49. The van der Waals surface area contributed by atoms with Gasteiger partial charge in [-0.3, -0.25) is 9.78 Å². The molecule has 2 aromatic heterocycles. The van der Waals surface area contributed by atoms with E-state index in [1.807, 2.05) is 13.0 Å². The fourth-order valence-corrected chi connectivity index (χ4v) is 1.75. The number of carbonyl (C=O) groups excluding carboxylic acids is 1. The number of carbonyl (C=O) groups is 1. The Bertz CT molecular complexity index is 598. The highest BCUT2D eigenvalue weighted by molar-refractivity contribution is 9.10. The number of rotatable bonds is 3. The lowest BCUT2D eigenvalue weighted by Crippen LogP contribution is -2.15. The van der Waals surface area contributed by atoms with Gasteiger partial charge < -0.3 is 11.1 Å². The topological polar surface area (TPSA) is 80.9 Å². The van der Waals surface area contributed by atoms with Gasteiger partial charge in [0.05, 0.1) is 30.2 Å². The summed E-state index contributed by atoms with van der Waals surface area (Å²) in [6.45, 7) is 1.91. The molecule has 0 bridgehead atoms. The fourth-order valence-electron chi connectivity index (χ4n) is 1.54. The summed E-state index contributed by atoms with van der Waals surface area (Å²) in [5.74, 6) is -0.138. The van der Waals surface area contributed by atoms with Crippen molar-refractivity contribution in [1.29, 1.82) is 0 Å². The predicted molar refractivity (Wildman–Crippen MR) is 77.7 cm³/mol. The van der Waals surface area contributed by atoms with Gasteiger partial charge >= 0.3 is 0 Å². The summed E-state index contributed by atoms with van der Waals surface area (Å²) in [6, 6.07) is 5.31. The van der Waals surface area contributed by atoms with Crippen molar-refractivity contribution in [3.8, 4) is 0 Å². The Kier molecular flexibility index (Phi) is 4.11. The van der Waals surface area contributed by atoms with Crippen LogP contribution in [0.3, 0.4) is 0 Å². The average molecular weight is 321 g/mol. The highest BCUT2D eigenvalue weighted by Crippen LogP contribution is 2.16. The third kappa shape index (κ3) is 3.75. The molecule has 6 heteroatoms. The molecule has 0 aromatic carbocycles. The molecule has 2 rings (SSSR count). The molecule has 19 heavy (non-hydrogen) atoms. The zero-order valence-electron chi connectivity index (χ0n) is 10.4. The molecular weight excluding hydrogens is 308 g/mol. The molecule has 0 fully saturated rings. The highest BCUT2D eigenvalue weighted by atomic mass is 79.9. The van der Waals surface area contributed by atoms with E-state index in [9.17, 15) is 4.79 Å². The monoisotopic (exact) mass is 320 g/mol. The standard InChI is InChI=1S/C13H13BrN4O/c1-8-4-11(7-17-13(8)14)18-12(19)5-10-3-2-9(15)6-16-10/h2-4,6-7H,5,15H2,1H3,(H,18,19). The van der Waals surface area contributed by atoms with Gasteiger partial charge in [0.2, 0.25) is 5.91 Å². The number of pyridine rings is 2. The zero-order chi connectivity index (χ0) is 13.8. The van der Waals surface area contributed by atoms with Crippen LogP contribution in [-0.4, -0.2) is 15.9 Å². The number of hydrogen-bond donors (Lipinski definition) is 2. The van der Waals surface area contributed by atoms with Gasteiger partial charge in [-0.15, -0.1) is 0 Å². The number of nitrogens with one attached hydrogen (secondary N) is 1. The molecule has 1 amide bonds. The van der Waals surface area contributed by atoms with Gasteiger partial charge in [0.1, 0.15) is 4.60 Å². The number of nitrogens with two attached hydrogens (primary N) is 1. The molecule has 0 saturated heterocycles. The molecular formula is C13H13BrN4O. The maximum absolute atomic E-state index is 11.8. The molecule has 0 spiro atoms. The van der Waals surface area contributed by atoms with Crippen LogP contribution in [0.1, 0.15) is 11.3 Å². The SMILES string of the molecule is Cc1cc(NC(=O)Cc2ccc(N)cn2)cnc1Br. The van der Waals surface area contributed by atoms with Gasteiger partial charge in [-0.25, -0.2) is 4.98 Å². The molecule has 2 heterocycles. The van der Waals surface area contributed by atoms with E-state index in [-0.39, 0.29) is 12.3 Å². The van der Waals surface area contributed by atoms with Crippen molar-refractivity contribution in [2.75, 3.05) is 11.1 Å². The van der Waals surface area contributed by atoms with E-state index in [1.54, 1.807) is 18.3 Å². The molecule has 0 radical (unpaired) electrons. The second-order valence-electron chi connectivity index (χ2n) is 4.14. The molecule has 0 aliphatic heterocycles. The normalized spacial score (nSPS) is 10.2. The Labute approximate surface area is 119 Å². The first-order chi connectivity index (χ1) is 9.04. The lowest BCUT2D eigenvalue weighted by molar-refractivity contribution is -0.115. The maximum Gasteiger partial charge on any atom is 0.230 e. The van der Waals surface area contributed by atoms with E-state index < -0.39 is 0 Å². The molecule has 0 atom stereocenters. The summed E-state index contributed by atoms with van der Waals surface area (Å²) in [7, 11) is 0. The van der Waals surface area contributed by atoms with Crippen molar-refractivity contribution in [2.45, 2.75) is 13.3 Å². The van der Waals surface area contributed by atoms with Gasteiger partial charge in [-0.1, -0.05) is 0 Å². The van der Waals surface area contributed by atoms with Crippen LogP contribution in [0.2, 0.25) is 0 Å². The lowest BCUT2D eigenvalue weighted by Gasteiger charge is -2.06. The molecule has 0 aliphatic rings. The number of nitrogen functional groups attached to an aromatic ring is 1. The molecule has 0 aliphatic carbocycles. The van der Waals surface area contributed by atoms with Gasteiger partial charge in [0, 0.05) is 5.69 Å². The van der Waals surface area contributed by atoms with Crippen molar-refractivity contribution < 1.29 is 4.79 Å². The molecule has 2 aromatic rings. The molecule has 0 saturated carbocycles. The summed E-state index contributed by atoms with van der Waals surface area (Å²) >= 11 is 3.31. The van der Waals surface area contributed by atoms with Crippen LogP contribution in [0.25, 0.3) is 0 Å². The Morgan fingerprint density at radius 1 is 1.37 bits per heavy atom. The molecule has 3 N–H and O–H groups in total. The summed E-state index contributed by atoms with van der Waals surface area (Å²) < 4.78 is 0.769. The third-order valence-corrected chi connectivity index (χ3v) is 3.32. The van der Waals surface area contributed by atoms with E-state index in [0.29, 0.717) is 17.1 Å². The van der Waals surface area contributed by atoms with Crippen molar-refractivity contribution in [1.82, 2.24) is 9.97 Å². The van der Waals surface area contributed by atoms with Crippen molar-refractivity contribution >= 4 is 33.2 Å². The minimum atomic E-state index is -0.138. The summed E-state index contributed by atoms with van der Waals surface area (Å²) in [6.07, 6.45) is 3.34. The van der Waals surface area contributed by atoms with Gasteiger partial charge in [0.15, 0.2) is 0 Å². The Hall–Kier alpha value is -1.95. The van der Waals surface area contributed by atoms with Crippen LogP contribution in [-0.2, 0) is 11.2 Å². The van der Waals surface area contributed by atoms with Gasteiger partial charge in [-0.2, -0.15) is 0 Å². The Balaban J connectivity index is 2.01. The van der Waals surface area contributed by atoms with E-state index in [1.165, 1.54) is 6.20 Å². The number of aryl methyl sites for hydroxylation is 1. The smallest absolute Gasteiger partial charge is 0.230 e. The predicted octanol–water partition coefficient (Wildman–Crippen LogP) is 2.31. The average Bonchev–Trinajstić information content (AvgIpc) is 2.37. The first-order valence-corrected chi connectivity index (χ1v) is 6.46. The van der Waals surface area contributed by atoms with E-state index in [4.69, 9.17) is 5.73 Å². The first kappa shape index (κ1) is 13.5. The van der Waals surface area contributed by atoms with Crippen LogP contribution in [0.15, 0.2) is 35.2 Å². The van der Waals surface area contributed by atoms with E-state index >= 15 is 0 Å². The minimum Gasteiger partial charge on any atom is -0.397 e. The number of hydrogen-bond acceptors (Lipinski definition) is 4. The van der Waals surface area contributed by atoms with E-state index in [2.05, 4.69) is 31.2 Å². The molecule has 0 unspecified atom stereocenters. The minimum absolute atomic E-state index is 0.138. The van der Waals surface area contributed by atoms with Gasteiger partial charge in [-0.05, 0) is 46.6 Å². The Morgan fingerprint density at radius 2 is 2.16 bits per heavy atom. The molecule has 98 valence electrons. The Morgan fingerprint density at radius 3 is 2.79 bits per heavy atom. The fraction of sp³-hybridized carbons (Fsp3) is 0.154. The summed E-state index contributed by atoms with van der Waals surface area (Å²) in [5.41, 5.74) is 8.42. The maximum atomic E-state index is 11.8. The highest BCUT2D eigenvalue weighted by Gasteiger charge is 2.06. The van der Waals surface area contributed by atoms with Crippen molar-refractivity contribution in [3.05, 3.63) is 46.5 Å². The lowest BCUT2D eigenvalue weighted by atomic mass is 10.2. The van der Waals surface area contributed by atoms with E-state index in [0.717, 1.165) is 10.2 Å². The summed E-state index contributed by atoms with van der Waals surface area (Å²) in [5, 5.41) is 2.78. The van der Waals surface area contributed by atoms with Crippen LogP contribution < -0.4 is 11.1 Å². The summed E-state index contributed by atoms with van der Waals surface area (Å²) in [4.78, 5) is 20.0. The van der Waals surface area contributed by atoms with Crippen LogP contribution >= 0.6 is 15.9 Å². The molecule has 5 nitrogen and oxygen atoms in total. The van der Waals surface area contributed by atoms with Crippen molar-refractivity contribution in [2.24, 2.45) is 0 Å². The van der Waals surface area contributed by atoms with Gasteiger partial charge in [0.25, 0.3) is 0 Å². The van der Waals surface area contributed by atoms with Crippen LogP contribution in [0, 0.1) is 6.92 Å². The zero-order valence-corrected chi connectivity index (χ0v) is 11.9. The largest absolute Gasteiger partial charge is 0.397 e. The number of aromatic nitrogens is 2. The number of anilines is 2. The van der Waals surface area contributed by atoms with Crippen LogP contribution in [0.5, 0.6) is 0 Å².